The van der Waals surface area contributed by atoms with Gasteiger partial charge in [0.15, 0.2) is 0 Å². The zero-order valence-electron chi connectivity index (χ0n) is 15.0. The molecule has 4 rings (SSSR count). The number of aryl methyl sites for hydroxylation is 1. The van der Waals surface area contributed by atoms with Crippen molar-refractivity contribution >= 4 is 28.4 Å². The number of hydrogen-bond donors (Lipinski definition) is 1. The number of anilines is 1. The second kappa shape index (κ2) is 6.59. The summed E-state index contributed by atoms with van der Waals surface area (Å²) >= 11 is 0. The predicted octanol–water partition coefficient (Wildman–Crippen LogP) is 1.85. The predicted molar refractivity (Wildman–Crippen MR) is 101 cm³/mol. The molecule has 1 aromatic heterocycles. The van der Waals surface area contributed by atoms with Gasteiger partial charge in [-0.3, -0.25) is 14.6 Å². The molecule has 2 N–H and O–H groups in total. The van der Waals surface area contributed by atoms with Gasteiger partial charge in [-0.15, -0.1) is 0 Å². The summed E-state index contributed by atoms with van der Waals surface area (Å²) in [4.78, 5) is 32.5. The second-order valence-electron chi connectivity index (χ2n) is 7.37. The monoisotopic (exact) mass is 352 g/mol. The molecule has 2 aliphatic rings. The minimum absolute atomic E-state index is 0.0671. The van der Waals surface area contributed by atoms with Gasteiger partial charge in [-0.05, 0) is 31.9 Å². The highest BCUT2D eigenvalue weighted by atomic mass is 16.2. The molecule has 136 valence electrons. The Bertz CT molecular complexity index is 858. The van der Waals surface area contributed by atoms with E-state index in [0.29, 0.717) is 6.54 Å². The summed E-state index contributed by atoms with van der Waals surface area (Å²) in [6.07, 6.45) is 2.09. The van der Waals surface area contributed by atoms with Crippen LogP contribution in [-0.2, 0) is 9.59 Å². The molecule has 1 aromatic carbocycles. The molecule has 0 radical (unpaired) electrons. The lowest BCUT2D eigenvalue weighted by Gasteiger charge is -2.38. The SMILES string of the molecule is Cc1cc(N2CCC(N3CC(C(N)=O)CC3=O)CC2)c2ccccc2n1. The first kappa shape index (κ1) is 16.8. The number of aromatic nitrogens is 1. The molecule has 1 atom stereocenters. The van der Waals surface area contributed by atoms with Crippen LogP contribution in [-0.4, -0.2) is 47.4 Å². The van der Waals surface area contributed by atoms with Crippen LogP contribution in [0.15, 0.2) is 30.3 Å². The molecule has 6 heteroatoms. The molecule has 26 heavy (non-hydrogen) atoms. The Morgan fingerprint density at radius 2 is 1.96 bits per heavy atom. The van der Waals surface area contributed by atoms with E-state index in [9.17, 15) is 9.59 Å². The van der Waals surface area contributed by atoms with Crippen LogP contribution < -0.4 is 10.6 Å². The molecule has 2 saturated heterocycles. The van der Waals surface area contributed by atoms with Crippen LogP contribution in [0, 0.1) is 12.8 Å². The minimum atomic E-state index is -0.364. The number of primary amides is 1. The number of rotatable bonds is 3. The van der Waals surface area contributed by atoms with Crippen LogP contribution in [0.25, 0.3) is 10.9 Å². The van der Waals surface area contributed by atoms with E-state index in [1.54, 1.807) is 0 Å². The van der Waals surface area contributed by atoms with E-state index in [1.165, 1.54) is 11.1 Å². The number of piperidine rings is 1. The number of carbonyl (C=O) groups excluding carboxylic acids is 2. The summed E-state index contributed by atoms with van der Waals surface area (Å²) in [6, 6.07) is 10.6. The maximum Gasteiger partial charge on any atom is 0.223 e. The number of benzene rings is 1. The van der Waals surface area contributed by atoms with E-state index in [1.807, 2.05) is 30.0 Å². The number of carbonyl (C=O) groups is 2. The quantitative estimate of drug-likeness (QED) is 0.914. The van der Waals surface area contributed by atoms with Crippen LogP contribution in [0.2, 0.25) is 0 Å². The zero-order chi connectivity index (χ0) is 18.3. The molecular weight excluding hydrogens is 328 g/mol. The molecule has 2 aliphatic heterocycles. The summed E-state index contributed by atoms with van der Waals surface area (Å²) in [7, 11) is 0. The minimum Gasteiger partial charge on any atom is -0.371 e. The third kappa shape index (κ3) is 3.00. The fourth-order valence-corrected chi connectivity index (χ4v) is 4.24. The van der Waals surface area contributed by atoms with Gasteiger partial charge in [0, 0.05) is 48.9 Å². The molecule has 2 fully saturated rings. The van der Waals surface area contributed by atoms with E-state index < -0.39 is 0 Å². The van der Waals surface area contributed by atoms with Crippen molar-refractivity contribution in [2.75, 3.05) is 24.5 Å². The van der Waals surface area contributed by atoms with E-state index >= 15 is 0 Å². The number of nitrogens with two attached hydrogens (primary N) is 1. The van der Waals surface area contributed by atoms with Gasteiger partial charge in [-0.25, -0.2) is 0 Å². The Kier molecular flexibility index (Phi) is 4.26. The van der Waals surface area contributed by atoms with Crippen LogP contribution in [0.5, 0.6) is 0 Å². The molecule has 0 bridgehead atoms. The Morgan fingerprint density at radius 1 is 1.23 bits per heavy atom. The average molecular weight is 352 g/mol. The molecule has 3 heterocycles. The van der Waals surface area contributed by atoms with Crippen LogP contribution in [0.3, 0.4) is 0 Å². The molecule has 0 spiro atoms. The smallest absolute Gasteiger partial charge is 0.223 e. The Labute approximate surface area is 153 Å². The number of hydrogen-bond acceptors (Lipinski definition) is 4. The third-order valence-electron chi connectivity index (χ3n) is 5.63. The lowest BCUT2D eigenvalue weighted by molar-refractivity contribution is -0.130. The molecule has 0 saturated carbocycles. The maximum atomic E-state index is 12.3. The molecule has 2 amide bonds. The summed E-state index contributed by atoms with van der Waals surface area (Å²) in [5.74, 6) is -0.623. The van der Waals surface area contributed by atoms with Crippen molar-refractivity contribution < 1.29 is 9.59 Å². The topological polar surface area (TPSA) is 79.5 Å². The van der Waals surface area contributed by atoms with Crippen molar-refractivity contribution in [3.8, 4) is 0 Å². The number of amides is 2. The maximum absolute atomic E-state index is 12.3. The Morgan fingerprint density at radius 3 is 2.65 bits per heavy atom. The first-order valence-corrected chi connectivity index (χ1v) is 9.23. The van der Waals surface area contributed by atoms with Gasteiger partial charge in [-0.2, -0.15) is 0 Å². The van der Waals surface area contributed by atoms with Crippen LogP contribution in [0.1, 0.15) is 25.0 Å². The van der Waals surface area contributed by atoms with Gasteiger partial charge in [0.25, 0.3) is 0 Å². The number of para-hydroxylation sites is 1. The standard InChI is InChI=1S/C20H24N4O2/c1-13-10-18(16-4-2-3-5-17(16)22-13)23-8-6-15(7-9-23)24-12-14(20(21)26)11-19(24)25/h2-5,10,14-15H,6-9,11-12H2,1H3,(H2,21,26). The molecular formula is C20H24N4O2. The van der Waals surface area contributed by atoms with E-state index in [-0.39, 0.29) is 30.2 Å². The first-order valence-electron chi connectivity index (χ1n) is 9.23. The summed E-state index contributed by atoms with van der Waals surface area (Å²) in [6.45, 7) is 4.29. The highest BCUT2D eigenvalue weighted by Crippen LogP contribution is 2.31. The number of pyridine rings is 1. The number of nitrogens with zero attached hydrogens (tertiary/aromatic N) is 3. The Hall–Kier alpha value is -2.63. The van der Waals surface area contributed by atoms with Gasteiger partial charge < -0.3 is 15.5 Å². The largest absolute Gasteiger partial charge is 0.371 e. The summed E-state index contributed by atoms with van der Waals surface area (Å²) in [5, 5.41) is 1.17. The molecule has 1 unspecified atom stereocenters. The fourth-order valence-electron chi connectivity index (χ4n) is 4.24. The Balaban J connectivity index is 1.49. The lowest BCUT2D eigenvalue weighted by atomic mass is 10.0. The van der Waals surface area contributed by atoms with Crippen LogP contribution in [0.4, 0.5) is 5.69 Å². The van der Waals surface area contributed by atoms with Crippen molar-refractivity contribution in [3.05, 3.63) is 36.0 Å². The van der Waals surface area contributed by atoms with Gasteiger partial charge in [-0.1, -0.05) is 18.2 Å². The molecule has 2 aromatic rings. The zero-order valence-corrected chi connectivity index (χ0v) is 15.0. The average Bonchev–Trinajstić information content (AvgIpc) is 3.03. The van der Waals surface area contributed by atoms with Crippen molar-refractivity contribution in [1.82, 2.24) is 9.88 Å². The second-order valence-corrected chi connectivity index (χ2v) is 7.37. The number of likely N-dealkylation sites (tertiary alicyclic amines) is 1. The van der Waals surface area contributed by atoms with Crippen molar-refractivity contribution in [2.45, 2.75) is 32.2 Å². The van der Waals surface area contributed by atoms with Crippen molar-refractivity contribution in [2.24, 2.45) is 11.7 Å². The van der Waals surface area contributed by atoms with E-state index in [4.69, 9.17) is 5.73 Å². The third-order valence-corrected chi connectivity index (χ3v) is 5.63. The van der Waals surface area contributed by atoms with E-state index in [0.717, 1.165) is 37.1 Å². The normalized spacial score (nSPS) is 21.6. The van der Waals surface area contributed by atoms with E-state index in [2.05, 4.69) is 22.0 Å². The van der Waals surface area contributed by atoms with Crippen molar-refractivity contribution in [3.63, 3.8) is 0 Å². The van der Waals surface area contributed by atoms with Gasteiger partial charge in [0.2, 0.25) is 11.8 Å². The van der Waals surface area contributed by atoms with Gasteiger partial charge in [0.05, 0.1) is 11.4 Å². The van der Waals surface area contributed by atoms with Gasteiger partial charge >= 0.3 is 0 Å². The lowest BCUT2D eigenvalue weighted by Crippen LogP contribution is -2.46. The highest BCUT2D eigenvalue weighted by molar-refractivity contribution is 5.92. The molecule has 6 nitrogen and oxygen atoms in total. The van der Waals surface area contributed by atoms with Crippen LogP contribution >= 0.6 is 0 Å². The summed E-state index contributed by atoms with van der Waals surface area (Å²) in [5.41, 5.74) is 8.63. The fraction of sp³-hybridized carbons (Fsp3) is 0.450. The van der Waals surface area contributed by atoms with Gasteiger partial charge in [0.1, 0.15) is 0 Å². The van der Waals surface area contributed by atoms with Crippen molar-refractivity contribution in [1.29, 1.82) is 0 Å². The summed E-state index contributed by atoms with van der Waals surface area (Å²) < 4.78 is 0. The highest BCUT2D eigenvalue weighted by Gasteiger charge is 2.38. The first-order chi connectivity index (χ1) is 12.5. The molecule has 0 aliphatic carbocycles. The number of fused-ring (bicyclic) bond motifs is 1.